The summed E-state index contributed by atoms with van der Waals surface area (Å²) in [5.41, 5.74) is 1.43. The zero-order valence-electron chi connectivity index (χ0n) is 20.6. The van der Waals surface area contributed by atoms with Crippen molar-refractivity contribution >= 4 is 28.1 Å². The smallest absolute Gasteiger partial charge is 0.305 e. The summed E-state index contributed by atoms with van der Waals surface area (Å²) in [5.74, 6) is -0.408. The van der Waals surface area contributed by atoms with Crippen LogP contribution in [-0.4, -0.2) is 30.3 Å². The van der Waals surface area contributed by atoms with Crippen LogP contribution in [0, 0.1) is 6.92 Å². The highest BCUT2D eigenvalue weighted by Gasteiger charge is 2.36. The summed E-state index contributed by atoms with van der Waals surface area (Å²) < 4.78 is 44.6. The van der Waals surface area contributed by atoms with Crippen molar-refractivity contribution in [3.8, 4) is 11.3 Å². The van der Waals surface area contributed by atoms with Crippen LogP contribution in [0.15, 0.2) is 91.3 Å². The number of fused-ring (bicyclic) bond motifs is 2. The number of anilines is 1. The molecule has 0 bridgehead atoms. The zero-order chi connectivity index (χ0) is 27.1. The molecule has 1 amide bonds. The molecule has 0 fully saturated rings. The van der Waals surface area contributed by atoms with Gasteiger partial charge in [0.15, 0.2) is 17.2 Å². The summed E-state index contributed by atoms with van der Waals surface area (Å²) in [6, 6.07) is 23.2. The quantitative estimate of drug-likeness (QED) is 0.283. The topological polar surface area (TPSA) is 77.1 Å². The second-order valence-electron chi connectivity index (χ2n) is 9.19. The molecule has 0 saturated heterocycles. The number of hydrogen-bond donors (Lipinski definition) is 1. The van der Waals surface area contributed by atoms with Gasteiger partial charge >= 0.3 is 6.18 Å². The molecule has 0 spiro atoms. The summed E-state index contributed by atoms with van der Waals surface area (Å²) in [6.45, 7) is 2.50. The molecular weight excluding hydrogens is 505 g/mol. The van der Waals surface area contributed by atoms with Crippen molar-refractivity contribution in [3.63, 3.8) is 0 Å². The van der Waals surface area contributed by atoms with Crippen LogP contribution in [0.1, 0.15) is 27.2 Å². The van der Waals surface area contributed by atoms with Gasteiger partial charge in [0.25, 0.3) is 5.91 Å². The highest BCUT2D eigenvalue weighted by molar-refractivity contribution is 6.08. The van der Waals surface area contributed by atoms with Crippen molar-refractivity contribution in [1.29, 1.82) is 0 Å². The van der Waals surface area contributed by atoms with Crippen molar-refractivity contribution in [1.82, 2.24) is 24.4 Å². The predicted octanol–water partition coefficient (Wildman–Crippen LogP) is 6.37. The van der Waals surface area contributed by atoms with Crippen molar-refractivity contribution in [3.05, 3.63) is 114 Å². The maximum Gasteiger partial charge on any atom is 0.433 e. The third-order valence-corrected chi connectivity index (χ3v) is 6.38. The third-order valence-electron chi connectivity index (χ3n) is 6.38. The van der Waals surface area contributed by atoms with Gasteiger partial charge in [-0.3, -0.25) is 9.48 Å². The van der Waals surface area contributed by atoms with Gasteiger partial charge in [-0.15, -0.1) is 0 Å². The molecule has 1 N–H and O–H groups in total. The molecule has 10 heteroatoms. The van der Waals surface area contributed by atoms with Crippen LogP contribution in [0.5, 0.6) is 0 Å². The molecule has 0 aliphatic heterocycles. The number of halogens is 3. The van der Waals surface area contributed by atoms with Gasteiger partial charge in [-0.2, -0.15) is 23.4 Å². The fourth-order valence-corrected chi connectivity index (χ4v) is 4.61. The number of benzene rings is 3. The first-order chi connectivity index (χ1) is 18.8. The Hall–Kier alpha value is -4.99. The lowest BCUT2D eigenvalue weighted by atomic mass is 10.0. The van der Waals surface area contributed by atoms with Crippen LogP contribution in [0.2, 0.25) is 0 Å². The van der Waals surface area contributed by atoms with E-state index >= 15 is 0 Å². The number of amides is 1. The Morgan fingerprint density at radius 3 is 2.59 bits per heavy atom. The first kappa shape index (κ1) is 24.4. The Labute approximate surface area is 220 Å². The van der Waals surface area contributed by atoms with Gasteiger partial charge in [0.1, 0.15) is 5.56 Å². The molecule has 0 aliphatic carbocycles. The number of aryl methyl sites for hydroxylation is 1. The molecule has 0 saturated carbocycles. The minimum atomic E-state index is -4.73. The average molecular weight is 527 g/mol. The van der Waals surface area contributed by atoms with Crippen LogP contribution in [0.25, 0.3) is 27.7 Å². The first-order valence-corrected chi connectivity index (χ1v) is 12.1. The second kappa shape index (κ2) is 9.39. The number of nitrogens with zero attached hydrogens (tertiary/aromatic N) is 5. The summed E-state index contributed by atoms with van der Waals surface area (Å²) in [4.78, 5) is 17.7. The molecule has 0 atom stereocenters. The summed E-state index contributed by atoms with van der Waals surface area (Å²) >= 11 is 0. The van der Waals surface area contributed by atoms with Crippen LogP contribution in [0.4, 0.5) is 19.0 Å². The highest BCUT2D eigenvalue weighted by atomic mass is 19.4. The maximum absolute atomic E-state index is 14.1. The number of carbonyl (C=O) groups excluding carboxylic acids is 1. The Balaban J connectivity index is 1.37. The van der Waals surface area contributed by atoms with E-state index in [1.165, 1.54) is 0 Å². The third kappa shape index (κ3) is 4.72. The van der Waals surface area contributed by atoms with Crippen LogP contribution < -0.4 is 5.32 Å². The van der Waals surface area contributed by atoms with Gasteiger partial charge in [-0.1, -0.05) is 72.3 Å². The summed E-state index contributed by atoms with van der Waals surface area (Å²) in [7, 11) is 0. The molecule has 39 heavy (non-hydrogen) atoms. The molecule has 0 aliphatic rings. The van der Waals surface area contributed by atoms with Crippen molar-refractivity contribution in [2.45, 2.75) is 19.6 Å². The van der Waals surface area contributed by atoms with Crippen molar-refractivity contribution < 1.29 is 18.0 Å². The number of rotatable bonds is 5. The molecule has 3 aromatic heterocycles. The van der Waals surface area contributed by atoms with Gasteiger partial charge in [0.05, 0.1) is 18.4 Å². The molecule has 6 aromatic rings. The van der Waals surface area contributed by atoms with Gasteiger partial charge in [0.2, 0.25) is 0 Å². The number of nitrogens with one attached hydrogen (secondary N) is 1. The van der Waals surface area contributed by atoms with Crippen molar-refractivity contribution in [2.75, 3.05) is 5.32 Å². The zero-order valence-corrected chi connectivity index (χ0v) is 20.6. The largest absolute Gasteiger partial charge is 0.433 e. The van der Waals surface area contributed by atoms with Crippen LogP contribution in [0.3, 0.4) is 0 Å². The molecule has 194 valence electrons. The average Bonchev–Trinajstić information content (AvgIpc) is 3.54. The van der Waals surface area contributed by atoms with Crippen molar-refractivity contribution in [2.24, 2.45) is 0 Å². The van der Waals surface area contributed by atoms with Crippen LogP contribution in [-0.2, 0) is 12.7 Å². The van der Waals surface area contributed by atoms with E-state index in [2.05, 4.69) is 20.5 Å². The minimum Gasteiger partial charge on any atom is -0.305 e. The van der Waals surface area contributed by atoms with Gasteiger partial charge in [-0.05, 0) is 29.3 Å². The monoisotopic (exact) mass is 526 g/mol. The molecule has 0 unspecified atom stereocenters. The second-order valence-corrected chi connectivity index (χ2v) is 9.19. The first-order valence-electron chi connectivity index (χ1n) is 12.1. The number of aromatic nitrogens is 5. The maximum atomic E-state index is 14.1. The number of alkyl halides is 3. The predicted molar refractivity (Wildman–Crippen MR) is 141 cm³/mol. The molecule has 3 aromatic carbocycles. The van der Waals surface area contributed by atoms with E-state index in [4.69, 9.17) is 0 Å². The van der Waals surface area contributed by atoms with Gasteiger partial charge in [-0.25, -0.2) is 9.50 Å². The molecule has 3 heterocycles. The normalized spacial score (nSPS) is 11.8. The summed E-state index contributed by atoms with van der Waals surface area (Å²) in [6.07, 6.45) is -1.93. The van der Waals surface area contributed by atoms with E-state index in [1.54, 1.807) is 29.1 Å². The van der Waals surface area contributed by atoms with E-state index in [-0.39, 0.29) is 22.7 Å². The highest BCUT2D eigenvalue weighted by Crippen LogP contribution is 2.35. The fourth-order valence-electron chi connectivity index (χ4n) is 4.61. The number of carbonyl (C=O) groups is 1. The van der Waals surface area contributed by atoms with E-state index in [0.717, 1.165) is 34.2 Å². The standard InChI is InChI=1S/C29H21F3N6O/c1-18-6-4-7-19(14-18)17-37-13-12-26(36-37)35-28(39)23-16-33-38-25(29(30,31)32)15-24(34-27(23)38)22-11-5-9-20-8-2-3-10-21(20)22/h2-16H,17H2,1H3,(H,35,36,39). The molecular formula is C29H21F3N6O. The Morgan fingerprint density at radius 1 is 0.974 bits per heavy atom. The lowest BCUT2D eigenvalue weighted by Gasteiger charge is -2.13. The minimum absolute atomic E-state index is 0.0867. The molecule has 7 nitrogen and oxygen atoms in total. The summed E-state index contributed by atoms with van der Waals surface area (Å²) in [5, 5.41) is 12.5. The van der Waals surface area contributed by atoms with Gasteiger partial charge < -0.3 is 5.32 Å². The lowest BCUT2D eigenvalue weighted by Crippen LogP contribution is -2.16. The lowest BCUT2D eigenvalue weighted by molar-refractivity contribution is -0.142. The molecule has 6 rings (SSSR count). The van der Waals surface area contributed by atoms with E-state index in [0.29, 0.717) is 16.6 Å². The number of hydrogen-bond acceptors (Lipinski definition) is 4. The van der Waals surface area contributed by atoms with E-state index < -0.39 is 17.8 Å². The Morgan fingerprint density at radius 2 is 1.77 bits per heavy atom. The molecule has 0 radical (unpaired) electrons. The van der Waals surface area contributed by atoms with E-state index in [9.17, 15) is 18.0 Å². The Bertz CT molecular complexity index is 1850. The van der Waals surface area contributed by atoms with Crippen LogP contribution >= 0.6 is 0 Å². The van der Waals surface area contributed by atoms with Gasteiger partial charge in [0, 0.05) is 17.8 Å². The fraction of sp³-hybridized carbons (Fsp3) is 0.103. The Kier molecular flexibility index (Phi) is 5.86. The van der Waals surface area contributed by atoms with E-state index in [1.807, 2.05) is 61.5 Å². The SMILES string of the molecule is Cc1cccc(Cn2ccc(NC(=O)c3cnn4c(C(F)(F)F)cc(-c5cccc6ccccc56)nc34)n2)c1.